The Morgan fingerprint density at radius 2 is 2.50 bits per heavy atom. The summed E-state index contributed by atoms with van der Waals surface area (Å²) in [6.45, 7) is 2.71. The molecule has 6 heteroatoms. The lowest BCUT2D eigenvalue weighted by molar-refractivity contribution is 0.203. The van der Waals surface area contributed by atoms with E-state index in [1.54, 1.807) is 22.3 Å². The monoisotopic (exact) mass is 210 g/mol. The molecule has 2 aromatic rings. The van der Waals surface area contributed by atoms with Gasteiger partial charge in [0.05, 0.1) is 5.69 Å². The Labute approximate surface area is 85.2 Å². The fraction of sp³-hybridized carbons (Fsp3) is 0.375. The van der Waals surface area contributed by atoms with Crippen molar-refractivity contribution in [3.63, 3.8) is 0 Å². The van der Waals surface area contributed by atoms with Crippen LogP contribution in [0.4, 0.5) is 0 Å². The number of aryl methyl sites for hydroxylation is 1. The number of aliphatic hydroxyl groups is 1. The van der Waals surface area contributed by atoms with Gasteiger partial charge in [0.25, 0.3) is 0 Å². The van der Waals surface area contributed by atoms with Gasteiger partial charge in [-0.2, -0.15) is 5.10 Å². The van der Waals surface area contributed by atoms with Gasteiger partial charge in [0.15, 0.2) is 0 Å². The second-order valence-corrected chi connectivity index (χ2v) is 3.41. The third-order valence-corrected chi connectivity index (χ3v) is 2.51. The molecule has 0 bridgehead atoms. The van der Waals surface area contributed by atoms with Crippen LogP contribution in [0.2, 0.25) is 0 Å². The van der Waals surface area contributed by atoms with Crippen molar-refractivity contribution in [1.29, 1.82) is 0 Å². The zero-order chi connectivity index (χ0) is 9.97. The van der Waals surface area contributed by atoms with Crippen LogP contribution in [0, 0.1) is 0 Å². The van der Waals surface area contributed by atoms with Crippen LogP contribution in [0.5, 0.6) is 0 Å². The van der Waals surface area contributed by atoms with Crippen molar-refractivity contribution in [2.24, 2.45) is 0 Å². The maximum absolute atomic E-state index is 9.92. The zero-order valence-corrected chi connectivity index (χ0v) is 8.48. The summed E-state index contributed by atoms with van der Waals surface area (Å²) in [5.41, 5.74) is 1.32. The number of rotatable bonds is 3. The lowest BCUT2D eigenvalue weighted by atomic mass is 10.2. The minimum Gasteiger partial charge on any atom is -0.380 e. The van der Waals surface area contributed by atoms with Gasteiger partial charge < -0.3 is 5.11 Å². The Bertz CT molecular complexity index is 397. The first kappa shape index (κ1) is 9.29. The van der Waals surface area contributed by atoms with Gasteiger partial charge in [-0.25, -0.2) is 0 Å². The van der Waals surface area contributed by atoms with Crippen LogP contribution in [-0.2, 0) is 6.54 Å². The summed E-state index contributed by atoms with van der Waals surface area (Å²) in [5.74, 6) is 0. The number of hydrogen-bond acceptors (Lipinski definition) is 5. The van der Waals surface area contributed by atoms with Crippen LogP contribution in [0.15, 0.2) is 17.6 Å². The zero-order valence-electron chi connectivity index (χ0n) is 7.66. The molecule has 5 nitrogen and oxygen atoms in total. The fourth-order valence-corrected chi connectivity index (χ4v) is 1.75. The molecule has 1 atom stereocenters. The van der Waals surface area contributed by atoms with Crippen molar-refractivity contribution in [2.75, 3.05) is 0 Å². The largest absolute Gasteiger partial charge is 0.380 e. The smallest absolute Gasteiger partial charge is 0.140 e. The average molecular weight is 210 g/mol. The van der Waals surface area contributed by atoms with E-state index in [9.17, 15) is 5.11 Å². The minimum atomic E-state index is -0.726. The molecule has 74 valence electrons. The van der Waals surface area contributed by atoms with Crippen molar-refractivity contribution in [3.05, 3.63) is 29.0 Å². The van der Waals surface area contributed by atoms with Gasteiger partial charge in [-0.05, 0) is 24.5 Å². The van der Waals surface area contributed by atoms with E-state index in [2.05, 4.69) is 14.7 Å². The maximum atomic E-state index is 9.92. The lowest BCUT2D eigenvalue weighted by Crippen LogP contribution is -2.09. The Balaban J connectivity index is 2.31. The van der Waals surface area contributed by atoms with E-state index in [-0.39, 0.29) is 0 Å². The van der Waals surface area contributed by atoms with Crippen LogP contribution >= 0.6 is 11.5 Å². The summed E-state index contributed by atoms with van der Waals surface area (Å²) in [5, 5.41) is 19.6. The molecular weight excluding hydrogens is 200 g/mol. The molecule has 2 rings (SSSR count). The molecule has 14 heavy (non-hydrogen) atoms. The van der Waals surface area contributed by atoms with Gasteiger partial charge in [-0.15, -0.1) is 5.10 Å². The second-order valence-electron chi connectivity index (χ2n) is 2.80. The van der Waals surface area contributed by atoms with Gasteiger partial charge >= 0.3 is 0 Å². The van der Waals surface area contributed by atoms with Crippen molar-refractivity contribution in [2.45, 2.75) is 19.6 Å². The summed E-state index contributed by atoms with van der Waals surface area (Å²) < 4.78 is 5.45. The highest BCUT2D eigenvalue weighted by atomic mass is 32.1. The standard InChI is InChI=1S/C8H10N4OS/c1-2-12-7(3-4-9-12)8(13)6-5-14-11-10-6/h3-5,8,13H,2H2,1H3. The molecule has 0 amide bonds. The molecule has 0 aromatic carbocycles. The Hall–Kier alpha value is -1.27. The van der Waals surface area contributed by atoms with Gasteiger partial charge in [-0.3, -0.25) is 4.68 Å². The molecule has 0 saturated carbocycles. The van der Waals surface area contributed by atoms with Gasteiger partial charge in [0.2, 0.25) is 0 Å². The van der Waals surface area contributed by atoms with Crippen molar-refractivity contribution < 1.29 is 5.11 Å². The fourth-order valence-electron chi connectivity index (χ4n) is 1.28. The summed E-state index contributed by atoms with van der Waals surface area (Å²) in [4.78, 5) is 0. The van der Waals surface area contributed by atoms with E-state index >= 15 is 0 Å². The van der Waals surface area contributed by atoms with Crippen molar-refractivity contribution >= 4 is 11.5 Å². The third kappa shape index (κ3) is 1.53. The Morgan fingerprint density at radius 1 is 1.64 bits per heavy atom. The summed E-state index contributed by atoms with van der Waals surface area (Å²) in [6.07, 6.45) is 0.943. The first-order valence-corrected chi connectivity index (χ1v) is 5.13. The van der Waals surface area contributed by atoms with E-state index in [0.717, 1.165) is 12.2 Å². The van der Waals surface area contributed by atoms with E-state index in [1.165, 1.54) is 11.5 Å². The van der Waals surface area contributed by atoms with Crippen LogP contribution < -0.4 is 0 Å². The van der Waals surface area contributed by atoms with E-state index in [4.69, 9.17) is 0 Å². The minimum absolute atomic E-state index is 0.574. The molecule has 0 aliphatic rings. The lowest BCUT2D eigenvalue weighted by Gasteiger charge is -2.08. The number of hydrogen-bond donors (Lipinski definition) is 1. The SMILES string of the molecule is CCn1nccc1C(O)c1csnn1. The number of nitrogens with zero attached hydrogens (tertiary/aromatic N) is 4. The van der Waals surface area contributed by atoms with Crippen molar-refractivity contribution in [3.8, 4) is 0 Å². The third-order valence-electron chi connectivity index (χ3n) is 1.99. The molecule has 0 spiro atoms. The average Bonchev–Trinajstić information content (AvgIpc) is 2.87. The molecule has 0 saturated heterocycles. The quantitative estimate of drug-likeness (QED) is 0.815. The Kier molecular flexibility index (Phi) is 2.55. The van der Waals surface area contributed by atoms with E-state index in [1.807, 2.05) is 6.92 Å². The van der Waals surface area contributed by atoms with E-state index in [0.29, 0.717) is 5.69 Å². The first-order chi connectivity index (χ1) is 6.83. The normalized spacial score (nSPS) is 13.0. The molecule has 0 fully saturated rings. The molecule has 0 radical (unpaired) electrons. The second kappa shape index (κ2) is 3.85. The molecule has 1 unspecified atom stereocenters. The highest BCUT2D eigenvalue weighted by Crippen LogP contribution is 2.19. The van der Waals surface area contributed by atoms with E-state index < -0.39 is 6.10 Å². The molecule has 2 aromatic heterocycles. The molecular formula is C8H10N4OS. The highest BCUT2D eigenvalue weighted by Gasteiger charge is 2.16. The van der Waals surface area contributed by atoms with Crippen LogP contribution in [-0.4, -0.2) is 24.5 Å². The maximum Gasteiger partial charge on any atom is 0.140 e. The summed E-state index contributed by atoms with van der Waals surface area (Å²) in [7, 11) is 0. The molecule has 2 heterocycles. The van der Waals surface area contributed by atoms with Crippen LogP contribution in [0.25, 0.3) is 0 Å². The Morgan fingerprint density at radius 3 is 3.14 bits per heavy atom. The highest BCUT2D eigenvalue weighted by molar-refractivity contribution is 7.03. The van der Waals surface area contributed by atoms with Gasteiger partial charge in [0, 0.05) is 18.1 Å². The molecule has 1 N–H and O–H groups in total. The summed E-state index contributed by atoms with van der Waals surface area (Å²) >= 11 is 1.23. The molecule has 0 aliphatic heterocycles. The van der Waals surface area contributed by atoms with Crippen LogP contribution in [0.1, 0.15) is 24.4 Å². The number of aliphatic hydroxyl groups excluding tert-OH is 1. The molecule has 0 aliphatic carbocycles. The van der Waals surface area contributed by atoms with Crippen LogP contribution in [0.3, 0.4) is 0 Å². The van der Waals surface area contributed by atoms with Crippen molar-refractivity contribution in [1.82, 2.24) is 19.4 Å². The predicted octanol–water partition coefficient (Wildman–Crippen LogP) is 0.836. The predicted molar refractivity (Wildman–Crippen MR) is 51.9 cm³/mol. The number of aromatic nitrogens is 4. The van der Waals surface area contributed by atoms with Gasteiger partial charge in [-0.1, -0.05) is 4.49 Å². The summed E-state index contributed by atoms with van der Waals surface area (Å²) in [6, 6.07) is 1.79. The topological polar surface area (TPSA) is 63.8 Å². The van der Waals surface area contributed by atoms with Gasteiger partial charge in [0.1, 0.15) is 11.8 Å². The first-order valence-electron chi connectivity index (χ1n) is 4.29.